The lowest BCUT2D eigenvalue weighted by atomic mass is 10.3. The van der Waals surface area contributed by atoms with Crippen LogP contribution in [0.15, 0.2) is 28.9 Å². The maximum Gasteiger partial charge on any atom is 0.332 e. The van der Waals surface area contributed by atoms with Crippen LogP contribution in [0.5, 0.6) is 0 Å². The minimum absolute atomic E-state index is 0.0483. The molecule has 0 radical (unpaired) electrons. The Morgan fingerprint density at radius 3 is 3.06 bits per heavy atom. The van der Waals surface area contributed by atoms with Gasteiger partial charge < -0.3 is 14.4 Å². The topological polar surface area (TPSA) is 98.3 Å². The number of rotatable bonds is 5. The van der Waals surface area contributed by atoms with E-state index in [-0.39, 0.29) is 12.5 Å². The number of pyridine rings is 1. The van der Waals surface area contributed by atoms with Gasteiger partial charge in [-0.15, -0.1) is 0 Å². The van der Waals surface area contributed by atoms with Crippen molar-refractivity contribution in [2.45, 2.75) is 19.6 Å². The standard InChI is InChI=1S/C11H11N3O4/c1-7(11(15)16)17-6-9-13-10(14-18-9)8-4-2-3-5-12-8/h2-5,7H,6H2,1H3,(H,15,16). The van der Waals surface area contributed by atoms with E-state index in [2.05, 4.69) is 15.1 Å². The van der Waals surface area contributed by atoms with Gasteiger partial charge in [0.25, 0.3) is 5.89 Å². The summed E-state index contributed by atoms with van der Waals surface area (Å²) in [4.78, 5) is 18.7. The van der Waals surface area contributed by atoms with E-state index in [9.17, 15) is 4.79 Å². The highest BCUT2D eigenvalue weighted by atomic mass is 16.5. The predicted octanol–water partition coefficient (Wildman–Crippen LogP) is 1.12. The Bertz CT molecular complexity index is 526. The number of hydrogen-bond acceptors (Lipinski definition) is 6. The molecular formula is C11H11N3O4. The molecule has 7 heteroatoms. The summed E-state index contributed by atoms with van der Waals surface area (Å²) in [5.41, 5.74) is 0.582. The first-order valence-electron chi connectivity index (χ1n) is 5.25. The Labute approximate surface area is 102 Å². The highest BCUT2D eigenvalue weighted by Gasteiger charge is 2.14. The summed E-state index contributed by atoms with van der Waals surface area (Å²) in [7, 11) is 0. The number of carbonyl (C=O) groups is 1. The monoisotopic (exact) mass is 249 g/mol. The van der Waals surface area contributed by atoms with Gasteiger partial charge in [0.05, 0.1) is 0 Å². The van der Waals surface area contributed by atoms with Crippen LogP contribution in [-0.4, -0.2) is 32.3 Å². The van der Waals surface area contributed by atoms with Gasteiger partial charge in [0, 0.05) is 6.20 Å². The lowest BCUT2D eigenvalue weighted by Crippen LogP contribution is -2.19. The van der Waals surface area contributed by atoms with Gasteiger partial charge in [0.2, 0.25) is 5.82 Å². The molecule has 0 aliphatic heterocycles. The first kappa shape index (κ1) is 12.2. The van der Waals surface area contributed by atoms with Gasteiger partial charge in [-0.3, -0.25) is 4.98 Å². The van der Waals surface area contributed by atoms with E-state index in [1.807, 2.05) is 0 Å². The molecule has 0 amide bonds. The summed E-state index contributed by atoms with van der Waals surface area (Å²) >= 11 is 0. The van der Waals surface area contributed by atoms with Gasteiger partial charge in [-0.2, -0.15) is 4.98 Å². The molecule has 2 heterocycles. The summed E-state index contributed by atoms with van der Waals surface area (Å²) in [5.74, 6) is -0.486. The molecule has 0 aromatic carbocycles. The quantitative estimate of drug-likeness (QED) is 0.847. The molecule has 2 aromatic heterocycles. The molecule has 0 aliphatic rings. The fraction of sp³-hybridized carbons (Fsp3) is 0.273. The van der Waals surface area contributed by atoms with Crippen LogP contribution in [0.3, 0.4) is 0 Å². The largest absolute Gasteiger partial charge is 0.479 e. The molecule has 0 spiro atoms. The first-order chi connectivity index (χ1) is 8.66. The molecule has 18 heavy (non-hydrogen) atoms. The van der Waals surface area contributed by atoms with Crippen LogP contribution in [-0.2, 0) is 16.1 Å². The number of carboxylic acid groups (broad SMARTS) is 1. The fourth-order valence-electron chi connectivity index (χ4n) is 1.18. The summed E-state index contributed by atoms with van der Waals surface area (Å²) < 4.78 is 9.95. The molecule has 2 rings (SSSR count). The number of aliphatic carboxylic acids is 1. The van der Waals surface area contributed by atoms with E-state index in [4.69, 9.17) is 14.4 Å². The molecule has 0 aliphatic carbocycles. The van der Waals surface area contributed by atoms with Crippen molar-refractivity contribution in [2.24, 2.45) is 0 Å². The average molecular weight is 249 g/mol. The van der Waals surface area contributed by atoms with Gasteiger partial charge in [-0.05, 0) is 19.1 Å². The SMILES string of the molecule is CC(OCc1nc(-c2ccccn2)no1)C(=O)O. The Morgan fingerprint density at radius 1 is 1.56 bits per heavy atom. The van der Waals surface area contributed by atoms with Crippen LogP contribution >= 0.6 is 0 Å². The van der Waals surface area contributed by atoms with Gasteiger partial charge in [0.15, 0.2) is 6.10 Å². The molecule has 1 atom stereocenters. The average Bonchev–Trinajstić information content (AvgIpc) is 2.85. The third-order valence-electron chi connectivity index (χ3n) is 2.17. The van der Waals surface area contributed by atoms with Crippen molar-refractivity contribution in [3.05, 3.63) is 30.3 Å². The van der Waals surface area contributed by atoms with Gasteiger partial charge in [0.1, 0.15) is 12.3 Å². The Morgan fingerprint density at radius 2 is 2.39 bits per heavy atom. The molecule has 7 nitrogen and oxygen atoms in total. The number of hydrogen-bond donors (Lipinski definition) is 1. The molecule has 0 saturated heterocycles. The van der Waals surface area contributed by atoms with Crippen molar-refractivity contribution >= 4 is 5.97 Å². The normalized spacial score (nSPS) is 12.3. The van der Waals surface area contributed by atoms with Crippen LogP contribution < -0.4 is 0 Å². The van der Waals surface area contributed by atoms with Crippen molar-refractivity contribution < 1.29 is 19.2 Å². The van der Waals surface area contributed by atoms with Crippen LogP contribution in [0.4, 0.5) is 0 Å². The van der Waals surface area contributed by atoms with Crippen LogP contribution in [0, 0.1) is 0 Å². The van der Waals surface area contributed by atoms with Crippen LogP contribution in [0.25, 0.3) is 11.5 Å². The third kappa shape index (κ3) is 2.89. The summed E-state index contributed by atoms with van der Waals surface area (Å²) in [6, 6.07) is 5.33. The smallest absolute Gasteiger partial charge is 0.332 e. The summed E-state index contributed by atoms with van der Waals surface area (Å²) in [6.45, 7) is 1.38. The highest BCUT2D eigenvalue weighted by Crippen LogP contribution is 2.12. The zero-order valence-corrected chi connectivity index (χ0v) is 9.61. The van der Waals surface area contributed by atoms with Gasteiger partial charge in [-0.25, -0.2) is 4.79 Å². The van der Waals surface area contributed by atoms with Crippen molar-refractivity contribution in [3.8, 4) is 11.5 Å². The van der Waals surface area contributed by atoms with E-state index in [1.165, 1.54) is 6.92 Å². The van der Waals surface area contributed by atoms with Crippen molar-refractivity contribution in [3.63, 3.8) is 0 Å². The van der Waals surface area contributed by atoms with E-state index >= 15 is 0 Å². The first-order valence-corrected chi connectivity index (χ1v) is 5.25. The molecule has 2 aromatic rings. The van der Waals surface area contributed by atoms with E-state index in [0.29, 0.717) is 11.5 Å². The maximum atomic E-state index is 10.5. The Hall–Kier alpha value is -2.28. The molecule has 1 N–H and O–H groups in total. The molecule has 0 bridgehead atoms. The predicted molar refractivity (Wildman–Crippen MR) is 59.4 cm³/mol. The summed E-state index contributed by atoms with van der Waals surface area (Å²) in [6.07, 6.45) is 0.698. The second-order valence-electron chi connectivity index (χ2n) is 3.52. The third-order valence-corrected chi connectivity index (χ3v) is 2.17. The number of nitrogens with zero attached hydrogens (tertiary/aromatic N) is 3. The van der Waals surface area contributed by atoms with Gasteiger partial charge in [-0.1, -0.05) is 11.2 Å². The lowest BCUT2D eigenvalue weighted by molar-refractivity contribution is -0.150. The molecule has 0 saturated carbocycles. The molecule has 94 valence electrons. The van der Waals surface area contributed by atoms with Crippen molar-refractivity contribution in [2.75, 3.05) is 0 Å². The molecule has 0 fully saturated rings. The van der Waals surface area contributed by atoms with Crippen molar-refractivity contribution in [1.82, 2.24) is 15.1 Å². The second-order valence-corrected chi connectivity index (χ2v) is 3.52. The lowest BCUT2D eigenvalue weighted by Gasteiger charge is -2.04. The van der Waals surface area contributed by atoms with E-state index in [1.54, 1.807) is 24.4 Å². The minimum atomic E-state index is -1.04. The number of carboxylic acids is 1. The summed E-state index contributed by atoms with van der Waals surface area (Å²) in [5, 5.41) is 12.4. The Kier molecular flexibility index (Phi) is 3.63. The Balaban J connectivity index is 2.01. The second kappa shape index (κ2) is 5.37. The van der Waals surface area contributed by atoms with Gasteiger partial charge >= 0.3 is 5.97 Å². The molecule has 1 unspecified atom stereocenters. The van der Waals surface area contributed by atoms with Crippen molar-refractivity contribution in [1.29, 1.82) is 0 Å². The van der Waals surface area contributed by atoms with E-state index < -0.39 is 12.1 Å². The number of ether oxygens (including phenoxy) is 1. The highest BCUT2D eigenvalue weighted by molar-refractivity contribution is 5.71. The molecular weight excluding hydrogens is 238 g/mol. The minimum Gasteiger partial charge on any atom is -0.479 e. The fourth-order valence-corrected chi connectivity index (χ4v) is 1.18. The zero-order valence-electron chi connectivity index (χ0n) is 9.61. The maximum absolute atomic E-state index is 10.5. The van der Waals surface area contributed by atoms with Crippen LogP contribution in [0.1, 0.15) is 12.8 Å². The zero-order chi connectivity index (χ0) is 13.0. The number of aromatic nitrogens is 3. The van der Waals surface area contributed by atoms with Crippen LogP contribution in [0.2, 0.25) is 0 Å². The van der Waals surface area contributed by atoms with E-state index in [0.717, 1.165) is 0 Å².